The molecule has 11 heteroatoms. The van der Waals surface area contributed by atoms with E-state index in [9.17, 15) is 28.4 Å². The number of nitro groups is 1. The number of ether oxygens (including phenoxy) is 1. The van der Waals surface area contributed by atoms with Crippen molar-refractivity contribution in [1.82, 2.24) is 9.62 Å². The minimum absolute atomic E-state index is 0.0892. The summed E-state index contributed by atoms with van der Waals surface area (Å²) >= 11 is 0. The van der Waals surface area contributed by atoms with Gasteiger partial charge in [0.2, 0.25) is 10.0 Å². The summed E-state index contributed by atoms with van der Waals surface area (Å²) in [6, 6.07) is 9.25. The summed E-state index contributed by atoms with van der Waals surface area (Å²) in [5.74, 6) is -0.516. The van der Waals surface area contributed by atoms with E-state index >= 15 is 0 Å². The summed E-state index contributed by atoms with van der Waals surface area (Å²) < 4.78 is 32.0. The van der Waals surface area contributed by atoms with E-state index in [1.165, 1.54) is 29.6 Å². The average molecular weight is 435 g/mol. The SMILES string of the molecule is COc1ccc(S(=O)(=O)N2CCC(NC(=O)c3ccc([N+](=O)[O-])c(O)c3)CC2)cc1. The van der Waals surface area contributed by atoms with Gasteiger partial charge in [0.1, 0.15) is 5.75 Å². The normalized spacial score (nSPS) is 15.5. The topological polar surface area (TPSA) is 139 Å². The zero-order valence-corrected chi connectivity index (χ0v) is 17.0. The molecule has 3 rings (SSSR count). The maximum atomic E-state index is 12.8. The molecule has 160 valence electrons. The molecule has 0 aromatic heterocycles. The fourth-order valence-electron chi connectivity index (χ4n) is 3.23. The number of piperidine rings is 1. The highest BCUT2D eigenvalue weighted by Crippen LogP contribution is 2.27. The smallest absolute Gasteiger partial charge is 0.310 e. The third-order valence-electron chi connectivity index (χ3n) is 4.92. The highest BCUT2D eigenvalue weighted by molar-refractivity contribution is 7.89. The van der Waals surface area contributed by atoms with Gasteiger partial charge >= 0.3 is 5.69 Å². The number of nitrogens with zero attached hydrogens (tertiary/aromatic N) is 2. The van der Waals surface area contributed by atoms with Crippen LogP contribution in [-0.2, 0) is 10.0 Å². The van der Waals surface area contributed by atoms with Gasteiger partial charge in [-0.1, -0.05) is 0 Å². The molecule has 0 saturated carbocycles. The van der Waals surface area contributed by atoms with Gasteiger partial charge in [-0.3, -0.25) is 14.9 Å². The summed E-state index contributed by atoms with van der Waals surface area (Å²) in [6.07, 6.45) is 0.834. The molecule has 1 saturated heterocycles. The van der Waals surface area contributed by atoms with Gasteiger partial charge in [0.25, 0.3) is 5.91 Å². The lowest BCUT2D eigenvalue weighted by atomic mass is 10.1. The molecule has 1 fully saturated rings. The standard InChI is InChI=1S/C19H21N3O7S/c1-29-15-3-5-16(6-4-15)30(27,28)21-10-8-14(9-11-21)20-19(24)13-2-7-17(22(25)26)18(23)12-13/h2-7,12,14,23H,8-11H2,1H3,(H,20,24). The number of phenolic OH excluding ortho intramolecular Hbond substituents is 1. The number of hydrogen-bond acceptors (Lipinski definition) is 7. The molecule has 1 aliphatic rings. The first-order valence-corrected chi connectivity index (χ1v) is 10.6. The van der Waals surface area contributed by atoms with E-state index < -0.39 is 32.3 Å². The van der Waals surface area contributed by atoms with Crippen molar-refractivity contribution in [3.8, 4) is 11.5 Å². The zero-order chi connectivity index (χ0) is 21.9. The molecule has 0 bridgehead atoms. The van der Waals surface area contributed by atoms with E-state index in [2.05, 4.69) is 5.32 Å². The Kier molecular flexibility index (Phi) is 6.22. The lowest BCUT2D eigenvalue weighted by Gasteiger charge is -2.31. The van der Waals surface area contributed by atoms with Crippen LogP contribution >= 0.6 is 0 Å². The number of rotatable bonds is 6. The number of nitro benzene ring substituents is 1. The van der Waals surface area contributed by atoms with Gasteiger partial charge in [0.15, 0.2) is 5.75 Å². The number of hydrogen-bond donors (Lipinski definition) is 2. The van der Waals surface area contributed by atoms with E-state index in [0.717, 1.165) is 12.1 Å². The summed E-state index contributed by atoms with van der Waals surface area (Å²) in [5, 5.41) is 23.2. The van der Waals surface area contributed by atoms with Crippen LogP contribution < -0.4 is 10.1 Å². The van der Waals surface area contributed by atoms with Gasteiger partial charge in [0.05, 0.1) is 16.9 Å². The molecule has 0 unspecified atom stereocenters. The summed E-state index contributed by atoms with van der Waals surface area (Å²) in [7, 11) is -2.14. The molecule has 10 nitrogen and oxygen atoms in total. The minimum atomic E-state index is -3.64. The maximum Gasteiger partial charge on any atom is 0.310 e. The summed E-state index contributed by atoms with van der Waals surface area (Å²) in [5.41, 5.74) is -0.394. The minimum Gasteiger partial charge on any atom is -0.502 e. The fourth-order valence-corrected chi connectivity index (χ4v) is 4.69. The van der Waals surface area contributed by atoms with Crippen molar-refractivity contribution < 1.29 is 28.0 Å². The van der Waals surface area contributed by atoms with Gasteiger partial charge in [-0.25, -0.2) is 8.42 Å². The van der Waals surface area contributed by atoms with Crippen molar-refractivity contribution in [2.45, 2.75) is 23.8 Å². The van der Waals surface area contributed by atoms with Crippen LogP contribution in [0, 0.1) is 10.1 Å². The number of carbonyl (C=O) groups is 1. The summed E-state index contributed by atoms with van der Waals surface area (Å²) in [6.45, 7) is 0.482. The molecular weight excluding hydrogens is 414 g/mol. The van der Waals surface area contributed by atoms with Gasteiger partial charge in [-0.2, -0.15) is 4.31 Å². The number of benzene rings is 2. The van der Waals surface area contributed by atoms with Gasteiger partial charge in [-0.15, -0.1) is 0 Å². The first-order chi connectivity index (χ1) is 14.2. The molecular formula is C19H21N3O7S. The van der Waals surface area contributed by atoms with Crippen LogP contribution in [0.4, 0.5) is 5.69 Å². The molecule has 2 N–H and O–H groups in total. The number of aromatic hydroxyl groups is 1. The van der Waals surface area contributed by atoms with E-state index in [4.69, 9.17) is 4.74 Å². The van der Waals surface area contributed by atoms with Crippen molar-refractivity contribution in [3.63, 3.8) is 0 Å². The number of methoxy groups -OCH3 is 1. The Hall–Kier alpha value is -3.18. The van der Waals surface area contributed by atoms with Crippen LogP contribution in [0.2, 0.25) is 0 Å². The third-order valence-corrected chi connectivity index (χ3v) is 6.83. The molecule has 30 heavy (non-hydrogen) atoms. The number of carbonyl (C=O) groups excluding carboxylic acids is 1. The van der Waals surface area contributed by atoms with E-state index in [-0.39, 0.29) is 29.6 Å². The first-order valence-electron chi connectivity index (χ1n) is 9.15. The van der Waals surface area contributed by atoms with E-state index in [0.29, 0.717) is 18.6 Å². The van der Waals surface area contributed by atoms with Crippen LogP contribution in [0.25, 0.3) is 0 Å². The van der Waals surface area contributed by atoms with Crippen molar-refractivity contribution in [2.24, 2.45) is 0 Å². The van der Waals surface area contributed by atoms with Crippen LogP contribution in [0.3, 0.4) is 0 Å². The highest BCUT2D eigenvalue weighted by Gasteiger charge is 2.30. The van der Waals surface area contributed by atoms with Crippen LogP contribution in [0.15, 0.2) is 47.4 Å². The zero-order valence-electron chi connectivity index (χ0n) is 16.1. The van der Waals surface area contributed by atoms with Crippen LogP contribution in [0.1, 0.15) is 23.2 Å². The first kappa shape index (κ1) is 21.5. The van der Waals surface area contributed by atoms with Crippen molar-refractivity contribution in [1.29, 1.82) is 0 Å². The van der Waals surface area contributed by atoms with Crippen molar-refractivity contribution in [3.05, 3.63) is 58.1 Å². The molecule has 0 aliphatic carbocycles. The second-order valence-electron chi connectivity index (χ2n) is 6.79. The molecule has 0 atom stereocenters. The Morgan fingerprint density at radius 2 is 1.83 bits per heavy atom. The van der Waals surface area contributed by atoms with E-state index in [1.807, 2.05) is 0 Å². The van der Waals surface area contributed by atoms with Crippen molar-refractivity contribution in [2.75, 3.05) is 20.2 Å². The second-order valence-corrected chi connectivity index (χ2v) is 8.73. The molecule has 0 radical (unpaired) electrons. The Morgan fingerprint density at radius 3 is 2.37 bits per heavy atom. The average Bonchev–Trinajstić information content (AvgIpc) is 2.73. The lowest BCUT2D eigenvalue weighted by molar-refractivity contribution is -0.385. The monoisotopic (exact) mass is 435 g/mol. The predicted molar refractivity (Wildman–Crippen MR) is 107 cm³/mol. The molecule has 2 aromatic rings. The third kappa shape index (κ3) is 4.52. The van der Waals surface area contributed by atoms with Crippen molar-refractivity contribution >= 4 is 21.6 Å². The largest absolute Gasteiger partial charge is 0.502 e. The molecule has 1 aliphatic heterocycles. The van der Waals surface area contributed by atoms with Gasteiger partial charge in [0, 0.05) is 30.8 Å². The van der Waals surface area contributed by atoms with E-state index in [1.54, 1.807) is 12.1 Å². The highest BCUT2D eigenvalue weighted by atomic mass is 32.2. The number of amides is 1. The predicted octanol–water partition coefficient (Wildman–Crippen LogP) is 1.89. The summed E-state index contributed by atoms with van der Waals surface area (Å²) in [4.78, 5) is 22.6. The Labute approximate surface area is 173 Å². The Morgan fingerprint density at radius 1 is 1.20 bits per heavy atom. The maximum absolute atomic E-state index is 12.8. The quantitative estimate of drug-likeness (QED) is 0.522. The molecule has 1 heterocycles. The number of nitrogens with one attached hydrogen (secondary N) is 1. The van der Waals surface area contributed by atoms with Crippen LogP contribution in [0.5, 0.6) is 11.5 Å². The van der Waals surface area contributed by atoms with Gasteiger partial charge in [-0.05, 0) is 49.2 Å². The fraction of sp³-hybridized carbons (Fsp3) is 0.316. The number of phenols is 1. The molecule has 2 aromatic carbocycles. The molecule has 0 spiro atoms. The lowest BCUT2D eigenvalue weighted by Crippen LogP contribution is -2.46. The Bertz CT molecular complexity index is 1050. The Balaban J connectivity index is 1.60. The second kappa shape index (κ2) is 8.67. The van der Waals surface area contributed by atoms with Gasteiger partial charge < -0.3 is 15.2 Å². The number of sulfonamides is 1. The molecule has 1 amide bonds. The van der Waals surface area contributed by atoms with Crippen LogP contribution in [-0.4, -0.2) is 54.9 Å².